The molecule has 2 rings (SSSR count). The van der Waals surface area contributed by atoms with E-state index in [-0.39, 0.29) is 6.04 Å². The lowest BCUT2D eigenvalue weighted by atomic mass is 9.99. The van der Waals surface area contributed by atoms with Gasteiger partial charge in [-0.1, -0.05) is 23.7 Å². The van der Waals surface area contributed by atoms with Gasteiger partial charge >= 0.3 is 0 Å². The van der Waals surface area contributed by atoms with Gasteiger partial charge in [-0.3, -0.25) is 5.84 Å². The summed E-state index contributed by atoms with van der Waals surface area (Å²) in [5.41, 5.74) is 4.91. The predicted octanol–water partition coefficient (Wildman–Crippen LogP) is 3.51. The highest BCUT2D eigenvalue weighted by Crippen LogP contribution is 2.29. The van der Waals surface area contributed by atoms with Crippen LogP contribution in [0.1, 0.15) is 17.2 Å². The first kappa shape index (κ1) is 14.6. The van der Waals surface area contributed by atoms with E-state index in [4.69, 9.17) is 22.2 Å². The molecule has 0 fully saturated rings. The number of methoxy groups -OCH3 is 1. The topological polar surface area (TPSA) is 47.3 Å². The van der Waals surface area contributed by atoms with E-state index in [0.29, 0.717) is 5.02 Å². The minimum absolute atomic E-state index is 0.124. The van der Waals surface area contributed by atoms with Crippen LogP contribution in [0.4, 0.5) is 0 Å². The van der Waals surface area contributed by atoms with Crippen molar-refractivity contribution in [2.45, 2.75) is 6.04 Å². The number of benzene rings is 2. The van der Waals surface area contributed by atoms with Crippen LogP contribution in [0.2, 0.25) is 5.02 Å². The predicted molar refractivity (Wildman–Crippen MR) is 86.3 cm³/mol. The van der Waals surface area contributed by atoms with Crippen LogP contribution in [0.3, 0.4) is 0 Å². The van der Waals surface area contributed by atoms with Gasteiger partial charge in [0.05, 0.1) is 13.2 Å². The number of ether oxygens (including phenoxy) is 1. The minimum Gasteiger partial charge on any atom is -0.497 e. The van der Waals surface area contributed by atoms with E-state index in [1.54, 1.807) is 7.11 Å². The number of nitrogens with two attached hydrogens (primary N) is 1. The molecular weight excluding hydrogens is 375 g/mol. The zero-order valence-corrected chi connectivity index (χ0v) is 13.3. The molecule has 0 radical (unpaired) electrons. The molecule has 2 aromatic carbocycles. The normalized spacial score (nSPS) is 12.2. The summed E-state index contributed by atoms with van der Waals surface area (Å²) >= 11 is 8.34. The van der Waals surface area contributed by atoms with Crippen LogP contribution < -0.4 is 16.0 Å². The molecule has 0 heterocycles. The molecule has 1 unspecified atom stereocenters. The van der Waals surface area contributed by atoms with Crippen molar-refractivity contribution in [3.8, 4) is 5.75 Å². The van der Waals surface area contributed by atoms with E-state index < -0.39 is 0 Å². The molecule has 2 aromatic rings. The van der Waals surface area contributed by atoms with Gasteiger partial charge < -0.3 is 4.74 Å². The number of nitrogens with one attached hydrogen (secondary N) is 1. The number of hydrogen-bond donors (Lipinski definition) is 2. The second-order valence-corrected chi connectivity index (χ2v) is 5.64. The van der Waals surface area contributed by atoms with E-state index in [1.165, 1.54) is 0 Å². The molecule has 0 bridgehead atoms. The van der Waals surface area contributed by atoms with Crippen LogP contribution in [0.15, 0.2) is 42.5 Å². The molecule has 0 spiro atoms. The highest BCUT2D eigenvalue weighted by atomic mass is 127. The van der Waals surface area contributed by atoms with Gasteiger partial charge in [0.25, 0.3) is 0 Å². The van der Waals surface area contributed by atoms with Gasteiger partial charge in [0.1, 0.15) is 5.75 Å². The van der Waals surface area contributed by atoms with Crippen molar-refractivity contribution < 1.29 is 4.74 Å². The first-order valence-electron chi connectivity index (χ1n) is 5.70. The van der Waals surface area contributed by atoms with Gasteiger partial charge in [-0.15, -0.1) is 0 Å². The summed E-state index contributed by atoms with van der Waals surface area (Å²) in [5, 5.41) is 0.693. The Hall–Kier alpha value is -0.820. The third kappa shape index (κ3) is 3.39. The van der Waals surface area contributed by atoms with E-state index in [9.17, 15) is 0 Å². The third-order valence-electron chi connectivity index (χ3n) is 2.86. The lowest BCUT2D eigenvalue weighted by molar-refractivity contribution is 0.413. The summed E-state index contributed by atoms with van der Waals surface area (Å²) in [5.74, 6) is 6.51. The first-order valence-corrected chi connectivity index (χ1v) is 7.16. The Kier molecular flexibility index (Phi) is 5.04. The Morgan fingerprint density at radius 2 is 2.05 bits per heavy atom. The monoisotopic (exact) mass is 388 g/mol. The molecule has 3 nitrogen and oxygen atoms in total. The second kappa shape index (κ2) is 6.56. The van der Waals surface area contributed by atoms with Crippen molar-refractivity contribution >= 4 is 34.2 Å². The Bertz CT molecular complexity index is 577. The van der Waals surface area contributed by atoms with Gasteiger partial charge in [0, 0.05) is 8.59 Å². The van der Waals surface area contributed by atoms with Crippen LogP contribution in [0, 0.1) is 3.57 Å². The molecular formula is C14H14ClIN2O. The Morgan fingerprint density at radius 3 is 2.74 bits per heavy atom. The van der Waals surface area contributed by atoms with Gasteiger partial charge in [-0.2, -0.15) is 0 Å². The molecule has 19 heavy (non-hydrogen) atoms. The van der Waals surface area contributed by atoms with Crippen LogP contribution in [0.5, 0.6) is 5.75 Å². The van der Waals surface area contributed by atoms with Gasteiger partial charge in [0.2, 0.25) is 0 Å². The van der Waals surface area contributed by atoms with Crippen LogP contribution in [0.25, 0.3) is 0 Å². The summed E-state index contributed by atoms with van der Waals surface area (Å²) in [4.78, 5) is 0. The van der Waals surface area contributed by atoms with Crippen molar-refractivity contribution in [2.24, 2.45) is 5.84 Å². The van der Waals surface area contributed by atoms with Crippen molar-refractivity contribution in [1.82, 2.24) is 5.43 Å². The third-order valence-corrected chi connectivity index (χ3v) is 4.08. The average Bonchev–Trinajstić information content (AvgIpc) is 2.44. The molecule has 5 heteroatoms. The Morgan fingerprint density at radius 1 is 1.26 bits per heavy atom. The highest BCUT2D eigenvalue weighted by Gasteiger charge is 2.16. The molecule has 0 saturated heterocycles. The fourth-order valence-electron chi connectivity index (χ4n) is 1.92. The van der Waals surface area contributed by atoms with Crippen LogP contribution >= 0.6 is 34.2 Å². The maximum absolute atomic E-state index is 6.07. The first-order chi connectivity index (χ1) is 9.15. The molecule has 0 amide bonds. The lowest BCUT2D eigenvalue weighted by Crippen LogP contribution is -2.29. The maximum atomic E-state index is 6.07. The Labute approximate surface area is 131 Å². The maximum Gasteiger partial charge on any atom is 0.119 e. The number of hydrazine groups is 1. The largest absolute Gasteiger partial charge is 0.497 e. The summed E-state index contributed by atoms with van der Waals surface area (Å²) < 4.78 is 6.35. The van der Waals surface area contributed by atoms with Crippen molar-refractivity contribution in [1.29, 1.82) is 0 Å². The van der Waals surface area contributed by atoms with Gasteiger partial charge in [-0.05, 0) is 64.0 Å². The van der Waals surface area contributed by atoms with Crippen LogP contribution in [-0.4, -0.2) is 7.11 Å². The van der Waals surface area contributed by atoms with Crippen molar-refractivity contribution in [3.05, 3.63) is 62.2 Å². The molecule has 3 N–H and O–H groups in total. The van der Waals surface area contributed by atoms with Gasteiger partial charge in [-0.25, -0.2) is 5.43 Å². The molecule has 1 atom stereocenters. The SMILES string of the molecule is COc1cccc(C(NN)c2cc(Cl)ccc2I)c1. The summed E-state index contributed by atoms with van der Waals surface area (Å²) in [6.45, 7) is 0. The molecule has 100 valence electrons. The lowest BCUT2D eigenvalue weighted by Gasteiger charge is -2.19. The van der Waals surface area contributed by atoms with E-state index in [0.717, 1.165) is 20.4 Å². The van der Waals surface area contributed by atoms with Crippen molar-refractivity contribution in [3.63, 3.8) is 0 Å². The molecule has 0 saturated carbocycles. The Balaban J connectivity index is 2.46. The summed E-state index contributed by atoms with van der Waals surface area (Å²) in [6, 6.07) is 13.4. The summed E-state index contributed by atoms with van der Waals surface area (Å²) in [6.07, 6.45) is 0. The number of rotatable bonds is 4. The highest BCUT2D eigenvalue weighted by molar-refractivity contribution is 14.1. The second-order valence-electron chi connectivity index (χ2n) is 4.04. The average molecular weight is 389 g/mol. The zero-order valence-electron chi connectivity index (χ0n) is 10.4. The molecule has 0 aliphatic carbocycles. The van der Waals surface area contributed by atoms with E-state index in [1.807, 2.05) is 42.5 Å². The molecule has 0 aliphatic rings. The fraction of sp³-hybridized carbons (Fsp3) is 0.143. The minimum atomic E-state index is -0.124. The zero-order chi connectivity index (χ0) is 13.8. The van der Waals surface area contributed by atoms with Crippen LogP contribution in [-0.2, 0) is 0 Å². The van der Waals surface area contributed by atoms with E-state index in [2.05, 4.69) is 28.0 Å². The quantitative estimate of drug-likeness (QED) is 0.479. The fourth-order valence-corrected chi connectivity index (χ4v) is 2.75. The van der Waals surface area contributed by atoms with Gasteiger partial charge in [0.15, 0.2) is 0 Å². The number of halogens is 2. The summed E-state index contributed by atoms with van der Waals surface area (Å²) in [7, 11) is 1.65. The molecule has 0 aromatic heterocycles. The number of hydrogen-bond acceptors (Lipinski definition) is 3. The molecule has 0 aliphatic heterocycles. The standard InChI is InChI=1S/C14H14ClIN2O/c1-19-11-4-2-3-9(7-11)14(18-17)12-8-10(15)5-6-13(12)16/h2-8,14,18H,17H2,1H3. The van der Waals surface area contributed by atoms with E-state index >= 15 is 0 Å². The smallest absolute Gasteiger partial charge is 0.119 e. The van der Waals surface area contributed by atoms with Crippen molar-refractivity contribution in [2.75, 3.05) is 7.11 Å².